The predicted octanol–water partition coefficient (Wildman–Crippen LogP) is 10.2. The van der Waals surface area contributed by atoms with Crippen LogP contribution in [0.25, 0.3) is 34.4 Å². The van der Waals surface area contributed by atoms with Crippen LogP contribution in [0.4, 0.5) is 0 Å². The first-order chi connectivity index (χ1) is 25.7. The maximum atomic E-state index is 14.0. The molecule has 1 amide bonds. The Hall–Kier alpha value is -5.33. The lowest BCUT2D eigenvalue weighted by atomic mass is 9.63. The van der Waals surface area contributed by atoms with Gasteiger partial charge in [0.15, 0.2) is 0 Å². The van der Waals surface area contributed by atoms with E-state index in [1.807, 2.05) is 85.2 Å². The normalized spacial score (nSPS) is 27.3. The minimum absolute atomic E-state index is 0.0449. The van der Waals surface area contributed by atoms with Gasteiger partial charge in [-0.25, -0.2) is 0 Å². The van der Waals surface area contributed by atoms with E-state index in [-0.39, 0.29) is 23.7 Å². The molecule has 2 saturated carbocycles. The second-order valence-corrected chi connectivity index (χ2v) is 15.6. The average molecular weight is 702 g/mol. The lowest BCUT2D eigenvalue weighted by Crippen LogP contribution is -2.46. The monoisotopic (exact) mass is 701 g/mol. The molecule has 2 aromatic heterocycles. The third-order valence-corrected chi connectivity index (χ3v) is 12.6. The fourth-order valence-electron chi connectivity index (χ4n) is 8.74. The largest absolute Gasteiger partial charge is 0.356 e. The summed E-state index contributed by atoms with van der Waals surface area (Å²) in [5.41, 5.74) is 6.69. The van der Waals surface area contributed by atoms with Crippen LogP contribution in [0, 0.1) is 75.9 Å². The molecule has 6 heteroatoms. The number of benzene rings is 2. The van der Waals surface area contributed by atoms with Crippen molar-refractivity contribution in [3.63, 3.8) is 0 Å². The maximum Gasteiger partial charge on any atom is 0.223 e. The number of aromatic nitrogens is 2. The molecule has 2 aliphatic rings. The summed E-state index contributed by atoms with van der Waals surface area (Å²) < 4.78 is 0. The van der Waals surface area contributed by atoms with E-state index >= 15 is 0 Å². The van der Waals surface area contributed by atoms with Crippen molar-refractivity contribution in [1.29, 1.82) is 10.5 Å². The number of carbonyl (C=O) groups excluding carboxylic acids is 1. The number of pyridine rings is 2. The standard InChI is InChI=1S/C47H51N5O/c1-30-14-15-37(43(32(30)3)23-21-41-19-17-39(28-51-41)45-13-9-7-11-36(45)26-49)29-52-47(53)46-24-31(2)33(4)42(34(46)5)22-20-40-18-16-38(27-50-40)44-12-8-6-10-35(44)25-48/h6-13,16-23,27-28,30-34,37,42-43,46H,14-15,24,29H2,1-5H3,(H,52,53)/b22-20+,23-21+/t30-,31-,32+,33+,34+,37?,42-,43-,46-/m0/s1. The van der Waals surface area contributed by atoms with E-state index in [9.17, 15) is 15.3 Å². The summed E-state index contributed by atoms with van der Waals surface area (Å²) in [7, 11) is 0. The molecule has 53 heavy (non-hydrogen) atoms. The van der Waals surface area contributed by atoms with Gasteiger partial charge in [0.05, 0.1) is 34.7 Å². The number of nitrogens with one attached hydrogen (secondary N) is 1. The number of carbonyl (C=O) groups is 1. The van der Waals surface area contributed by atoms with Gasteiger partial charge < -0.3 is 5.32 Å². The topological polar surface area (TPSA) is 102 Å². The molecule has 2 heterocycles. The van der Waals surface area contributed by atoms with Crippen LogP contribution in [0.3, 0.4) is 0 Å². The molecule has 6 nitrogen and oxygen atoms in total. The van der Waals surface area contributed by atoms with E-state index in [1.165, 1.54) is 6.42 Å². The number of hydrogen-bond donors (Lipinski definition) is 1. The summed E-state index contributed by atoms with van der Waals surface area (Å²) in [5, 5.41) is 22.5. The van der Waals surface area contributed by atoms with Gasteiger partial charge in [0.2, 0.25) is 5.91 Å². The van der Waals surface area contributed by atoms with E-state index in [1.54, 1.807) is 0 Å². The second-order valence-electron chi connectivity index (χ2n) is 15.6. The van der Waals surface area contributed by atoms with Gasteiger partial charge in [-0.1, -0.05) is 102 Å². The van der Waals surface area contributed by atoms with Crippen molar-refractivity contribution in [1.82, 2.24) is 15.3 Å². The highest BCUT2D eigenvalue weighted by molar-refractivity contribution is 5.79. The first-order valence-electron chi connectivity index (χ1n) is 19.2. The molecule has 2 aromatic carbocycles. The molecule has 0 aliphatic heterocycles. The fourth-order valence-corrected chi connectivity index (χ4v) is 8.74. The zero-order valence-electron chi connectivity index (χ0n) is 31.6. The van der Waals surface area contributed by atoms with E-state index in [2.05, 4.69) is 76.4 Å². The molecule has 0 saturated heterocycles. The van der Waals surface area contributed by atoms with Crippen molar-refractivity contribution < 1.29 is 4.79 Å². The predicted molar refractivity (Wildman–Crippen MR) is 213 cm³/mol. The minimum atomic E-state index is -0.0449. The maximum absolute atomic E-state index is 14.0. The minimum Gasteiger partial charge on any atom is -0.356 e. The van der Waals surface area contributed by atoms with Crippen molar-refractivity contribution in [3.8, 4) is 34.4 Å². The van der Waals surface area contributed by atoms with Gasteiger partial charge in [-0.2, -0.15) is 10.5 Å². The van der Waals surface area contributed by atoms with Crippen LogP contribution in [0.1, 0.15) is 76.4 Å². The van der Waals surface area contributed by atoms with Crippen molar-refractivity contribution in [2.24, 2.45) is 53.3 Å². The van der Waals surface area contributed by atoms with Crippen molar-refractivity contribution >= 4 is 18.1 Å². The van der Waals surface area contributed by atoms with Gasteiger partial charge >= 0.3 is 0 Å². The molecule has 0 radical (unpaired) electrons. The molecule has 2 fully saturated rings. The SMILES string of the molecule is C[C@@H]1[C@@H](/C=C/c2ccc(-c3ccccc3C#N)cn2)[C@H](C)[C@@H](C)C[C@@H]1C(=O)NCC1CC[C@H](C)[C@@H](C)[C@@H]1/C=C/c1ccc(-c2ccccc2C#N)cn1. The highest BCUT2D eigenvalue weighted by Crippen LogP contribution is 2.44. The van der Waals surface area contributed by atoms with E-state index in [0.717, 1.165) is 46.5 Å². The Labute approximate surface area is 315 Å². The molecule has 1 N–H and O–H groups in total. The molecule has 6 rings (SSSR count). The van der Waals surface area contributed by atoms with Gasteiger partial charge in [-0.15, -0.1) is 0 Å². The van der Waals surface area contributed by atoms with Crippen LogP contribution in [-0.4, -0.2) is 22.4 Å². The molecule has 1 unspecified atom stereocenters. The Morgan fingerprint density at radius 3 is 1.75 bits per heavy atom. The van der Waals surface area contributed by atoms with Gasteiger partial charge in [-0.3, -0.25) is 14.8 Å². The summed E-state index contributed by atoms with van der Waals surface area (Å²) in [6.45, 7) is 12.2. The van der Waals surface area contributed by atoms with E-state index < -0.39 is 0 Å². The zero-order chi connectivity index (χ0) is 37.5. The van der Waals surface area contributed by atoms with Gasteiger partial charge in [0.1, 0.15) is 0 Å². The summed E-state index contributed by atoms with van der Waals surface area (Å²) in [6.07, 6.45) is 15.6. The first kappa shape index (κ1) is 37.4. The molecule has 2 aliphatic carbocycles. The molecular weight excluding hydrogens is 651 g/mol. The second kappa shape index (κ2) is 17.0. The fraction of sp³-hybridized carbons (Fsp3) is 0.383. The number of amides is 1. The Kier molecular flexibility index (Phi) is 12.0. The van der Waals surface area contributed by atoms with Gasteiger partial charge in [0.25, 0.3) is 0 Å². The van der Waals surface area contributed by atoms with Crippen LogP contribution in [-0.2, 0) is 4.79 Å². The lowest BCUT2D eigenvalue weighted by molar-refractivity contribution is -0.130. The zero-order valence-corrected chi connectivity index (χ0v) is 31.6. The Morgan fingerprint density at radius 2 is 1.23 bits per heavy atom. The molecule has 9 atom stereocenters. The highest BCUT2D eigenvalue weighted by Gasteiger charge is 2.41. The Bertz CT molecular complexity index is 2020. The first-order valence-corrected chi connectivity index (χ1v) is 19.2. The number of nitriles is 2. The van der Waals surface area contributed by atoms with E-state index in [4.69, 9.17) is 9.97 Å². The van der Waals surface area contributed by atoms with Crippen molar-refractivity contribution in [3.05, 3.63) is 120 Å². The lowest BCUT2D eigenvalue weighted by Gasteiger charge is -2.43. The van der Waals surface area contributed by atoms with E-state index in [0.29, 0.717) is 53.2 Å². The molecule has 0 spiro atoms. The van der Waals surface area contributed by atoms with Crippen LogP contribution in [0.15, 0.2) is 97.3 Å². The molecular formula is C47H51N5O. The summed E-state index contributed by atoms with van der Waals surface area (Å²) in [6, 6.07) is 27.8. The highest BCUT2D eigenvalue weighted by atomic mass is 16.1. The average Bonchev–Trinajstić information content (AvgIpc) is 3.19. The number of nitrogens with zero attached hydrogens (tertiary/aromatic N) is 4. The molecule has 4 aromatic rings. The number of rotatable bonds is 9. The van der Waals surface area contributed by atoms with Gasteiger partial charge in [-0.05, 0) is 96.6 Å². The summed E-state index contributed by atoms with van der Waals surface area (Å²) in [5.74, 6) is 3.28. The quantitative estimate of drug-likeness (QED) is 0.187. The van der Waals surface area contributed by atoms with Crippen LogP contribution in [0.2, 0.25) is 0 Å². The van der Waals surface area contributed by atoms with Gasteiger partial charge in [0, 0.05) is 47.1 Å². The third-order valence-electron chi connectivity index (χ3n) is 12.6. The molecule has 0 bridgehead atoms. The van der Waals surface area contributed by atoms with Crippen molar-refractivity contribution in [2.75, 3.05) is 6.54 Å². The summed E-state index contributed by atoms with van der Waals surface area (Å²) >= 11 is 0. The van der Waals surface area contributed by atoms with Crippen molar-refractivity contribution in [2.45, 2.75) is 53.9 Å². The number of hydrogen-bond acceptors (Lipinski definition) is 5. The van der Waals surface area contributed by atoms with Crippen LogP contribution < -0.4 is 5.32 Å². The van der Waals surface area contributed by atoms with Crippen LogP contribution in [0.5, 0.6) is 0 Å². The number of allylic oxidation sites excluding steroid dienone is 2. The molecule has 270 valence electrons. The third kappa shape index (κ3) is 8.50. The Balaban J connectivity index is 1.10. The summed E-state index contributed by atoms with van der Waals surface area (Å²) in [4.78, 5) is 23.4. The van der Waals surface area contributed by atoms with Crippen LogP contribution >= 0.6 is 0 Å². The Morgan fingerprint density at radius 1 is 0.698 bits per heavy atom. The smallest absolute Gasteiger partial charge is 0.223 e.